The van der Waals surface area contributed by atoms with Crippen molar-refractivity contribution in [2.24, 2.45) is 0 Å². The number of aryl methyl sites for hydroxylation is 1. The Balaban J connectivity index is 1.73. The molecular weight excluding hydrogens is 304 g/mol. The highest BCUT2D eigenvalue weighted by molar-refractivity contribution is 6.34. The molecule has 1 unspecified atom stereocenters. The maximum Gasteiger partial charge on any atom is 0.255 e. The van der Waals surface area contributed by atoms with Crippen LogP contribution in [-0.4, -0.2) is 24.4 Å². The van der Waals surface area contributed by atoms with Crippen LogP contribution in [0.2, 0.25) is 5.02 Å². The number of furan rings is 1. The number of carbonyl (C=O) groups is 2. The van der Waals surface area contributed by atoms with Crippen molar-refractivity contribution in [3.8, 4) is 0 Å². The zero-order valence-electron chi connectivity index (χ0n) is 12.0. The summed E-state index contributed by atoms with van der Waals surface area (Å²) in [6, 6.07) is 8.23. The number of hydrogen-bond donors (Lipinski definition) is 1. The second kappa shape index (κ2) is 5.85. The summed E-state index contributed by atoms with van der Waals surface area (Å²) in [5.74, 6) is 0.0825. The number of halogens is 1. The molecule has 22 heavy (non-hydrogen) atoms. The van der Waals surface area contributed by atoms with Crippen LogP contribution in [-0.2, 0) is 4.79 Å². The van der Waals surface area contributed by atoms with Crippen molar-refractivity contribution in [1.29, 1.82) is 0 Å². The number of nitrogens with one attached hydrogen (secondary N) is 1. The Bertz CT molecular complexity index is 726. The van der Waals surface area contributed by atoms with E-state index in [1.807, 2.05) is 12.1 Å². The predicted octanol–water partition coefficient (Wildman–Crippen LogP) is 2.78. The normalized spacial score (nSPS) is 17.8. The predicted molar refractivity (Wildman–Crippen MR) is 83.1 cm³/mol. The fourth-order valence-electron chi connectivity index (χ4n) is 2.58. The van der Waals surface area contributed by atoms with E-state index in [0.29, 0.717) is 35.0 Å². The van der Waals surface area contributed by atoms with Crippen LogP contribution in [0.25, 0.3) is 0 Å². The Kier molecular flexibility index (Phi) is 3.90. The third-order valence-electron chi connectivity index (χ3n) is 3.76. The van der Waals surface area contributed by atoms with Gasteiger partial charge in [-0.2, -0.15) is 0 Å². The first-order chi connectivity index (χ1) is 10.6. The number of hydrogen-bond acceptors (Lipinski definition) is 3. The third kappa shape index (κ3) is 2.60. The third-order valence-corrected chi connectivity index (χ3v) is 4.08. The number of benzene rings is 1. The van der Waals surface area contributed by atoms with E-state index >= 15 is 0 Å². The average molecular weight is 319 g/mol. The molecule has 1 saturated heterocycles. The van der Waals surface area contributed by atoms with Crippen LogP contribution >= 0.6 is 11.6 Å². The quantitative estimate of drug-likeness (QED) is 0.946. The molecule has 1 N–H and O–H groups in total. The van der Waals surface area contributed by atoms with E-state index in [4.69, 9.17) is 16.0 Å². The Hall–Kier alpha value is -2.27. The molecule has 1 atom stereocenters. The maximum absolute atomic E-state index is 12.5. The van der Waals surface area contributed by atoms with Gasteiger partial charge >= 0.3 is 0 Å². The van der Waals surface area contributed by atoms with Gasteiger partial charge in [0.1, 0.15) is 11.8 Å². The van der Waals surface area contributed by atoms with Crippen molar-refractivity contribution in [1.82, 2.24) is 5.32 Å². The molecule has 1 fully saturated rings. The largest absolute Gasteiger partial charge is 0.469 e. The molecule has 5 nitrogen and oxygen atoms in total. The smallest absolute Gasteiger partial charge is 0.255 e. The molecule has 114 valence electrons. The van der Waals surface area contributed by atoms with E-state index in [1.165, 1.54) is 6.26 Å². The van der Waals surface area contributed by atoms with Crippen LogP contribution in [0.1, 0.15) is 22.5 Å². The van der Waals surface area contributed by atoms with E-state index in [-0.39, 0.29) is 11.8 Å². The molecule has 2 amide bonds. The van der Waals surface area contributed by atoms with Crippen molar-refractivity contribution in [3.05, 3.63) is 52.9 Å². The van der Waals surface area contributed by atoms with E-state index in [1.54, 1.807) is 30.0 Å². The molecular formula is C16H15ClN2O3. The van der Waals surface area contributed by atoms with E-state index in [2.05, 4.69) is 5.32 Å². The van der Waals surface area contributed by atoms with Gasteiger partial charge in [0.2, 0.25) is 5.91 Å². The zero-order chi connectivity index (χ0) is 15.7. The highest BCUT2D eigenvalue weighted by Crippen LogP contribution is 2.29. The molecule has 0 aliphatic carbocycles. The van der Waals surface area contributed by atoms with Crippen LogP contribution < -0.4 is 10.2 Å². The Morgan fingerprint density at radius 1 is 1.36 bits per heavy atom. The van der Waals surface area contributed by atoms with Gasteiger partial charge in [-0.1, -0.05) is 23.7 Å². The molecule has 0 radical (unpaired) electrons. The number of amides is 2. The molecule has 0 bridgehead atoms. The minimum atomic E-state index is -0.543. The fourth-order valence-corrected chi connectivity index (χ4v) is 2.82. The minimum Gasteiger partial charge on any atom is -0.469 e. The first-order valence-corrected chi connectivity index (χ1v) is 7.36. The first kappa shape index (κ1) is 14.7. The van der Waals surface area contributed by atoms with Crippen LogP contribution in [0.5, 0.6) is 0 Å². The number of nitrogens with zero attached hydrogens (tertiary/aromatic N) is 1. The van der Waals surface area contributed by atoms with Crippen LogP contribution in [0.3, 0.4) is 0 Å². The van der Waals surface area contributed by atoms with Crippen molar-refractivity contribution in [2.75, 3.05) is 11.4 Å². The van der Waals surface area contributed by atoms with Gasteiger partial charge in [-0.3, -0.25) is 9.59 Å². The van der Waals surface area contributed by atoms with Crippen molar-refractivity contribution in [3.63, 3.8) is 0 Å². The van der Waals surface area contributed by atoms with Crippen LogP contribution in [0.4, 0.5) is 5.69 Å². The summed E-state index contributed by atoms with van der Waals surface area (Å²) in [5.41, 5.74) is 1.12. The molecule has 0 spiro atoms. The van der Waals surface area contributed by atoms with Gasteiger partial charge < -0.3 is 14.6 Å². The lowest BCUT2D eigenvalue weighted by Gasteiger charge is -2.18. The van der Waals surface area contributed by atoms with E-state index in [9.17, 15) is 9.59 Å². The standard InChI is InChI=1S/C16H15ClN2O3/c1-10-11(7-9-22-10)15(20)18-13-6-8-19(16(13)21)14-5-3-2-4-12(14)17/h2-5,7,9,13H,6,8H2,1H3,(H,18,20). The number of para-hydroxylation sites is 1. The van der Waals surface area contributed by atoms with Gasteiger partial charge in [0.15, 0.2) is 0 Å². The summed E-state index contributed by atoms with van der Waals surface area (Å²) in [4.78, 5) is 26.3. The Morgan fingerprint density at radius 2 is 2.14 bits per heavy atom. The minimum absolute atomic E-state index is 0.150. The molecule has 1 aromatic carbocycles. The number of carbonyl (C=O) groups excluding carboxylic acids is 2. The summed E-state index contributed by atoms with van der Waals surface area (Å²) in [6.45, 7) is 2.24. The highest BCUT2D eigenvalue weighted by atomic mass is 35.5. The SMILES string of the molecule is Cc1occc1C(=O)NC1CCN(c2ccccc2Cl)C1=O. The van der Waals surface area contributed by atoms with Crippen molar-refractivity contribution in [2.45, 2.75) is 19.4 Å². The molecule has 3 rings (SSSR count). The Labute approximate surface area is 132 Å². The molecule has 0 saturated carbocycles. The Morgan fingerprint density at radius 3 is 2.82 bits per heavy atom. The monoisotopic (exact) mass is 318 g/mol. The summed E-state index contributed by atoms with van der Waals surface area (Å²) >= 11 is 6.13. The first-order valence-electron chi connectivity index (χ1n) is 6.99. The second-order valence-electron chi connectivity index (χ2n) is 5.15. The van der Waals surface area contributed by atoms with Crippen LogP contribution in [0.15, 0.2) is 41.0 Å². The van der Waals surface area contributed by atoms with Crippen LogP contribution in [0, 0.1) is 6.92 Å². The summed E-state index contributed by atoms with van der Waals surface area (Å²) in [6.07, 6.45) is 2.00. The fraction of sp³-hybridized carbons (Fsp3) is 0.250. The molecule has 1 aliphatic heterocycles. The lowest BCUT2D eigenvalue weighted by atomic mass is 10.2. The summed E-state index contributed by atoms with van der Waals surface area (Å²) in [7, 11) is 0. The maximum atomic E-state index is 12.5. The van der Waals surface area contributed by atoms with Crippen molar-refractivity contribution < 1.29 is 14.0 Å². The number of rotatable bonds is 3. The molecule has 1 aromatic heterocycles. The van der Waals surface area contributed by atoms with E-state index < -0.39 is 6.04 Å². The van der Waals surface area contributed by atoms with Gasteiger partial charge in [-0.15, -0.1) is 0 Å². The van der Waals surface area contributed by atoms with Gasteiger partial charge in [0, 0.05) is 6.54 Å². The molecule has 2 heterocycles. The van der Waals surface area contributed by atoms with Crippen molar-refractivity contribution >= 4 is 29.1 Å². The average Bonchev–Trinajstić information content (AvgIpc) is 3.07. The lowest BCUT2D eigenvalue weighted by Crippen LogP contribution is -2.41. The summed E-state index contributed by atoms with van der Waals surface area (Å²) < 4.78 is 5.11. The van der Waals surface area contributed by atoms with Gasteiger partial charge in [-0.05, 0) is 31.5 Å². The van der Waals surface area contributed by atoms with E-state index in [0.717, 1.165) is 0 Å². The second-order valence-corrected chi connectivity index (χ2v) is 5.55. The topological polar surface area (TPSA) is 62.6 Å². The zero-order valence-corrected chi connectivity index (χ0v) is 12.8. The molecule has 2 aromatic rings. The van der Waals surface area contributed by atoms with Gasteiger partial charge in [0.05, 0.1) is 22.5 Å². The lowest BCUT2D eigenvalue weighted by molar-refractivity contribution is -0.118. The molecule has 1 aliphatic rings. The van der Waals surface area contributed by atoms with Gasteiger partial charge in [-0.25, -0.2) is 0 Å². The molecule has 6 heteroatoms. The highest BCUT2D eigenvalue weighted by Gasteiger charge is 2.34. The van der Waals surface area contributed by atoms with Gasteiger partial charge in [0.25, 0.3) is 5.91 Å². The summed E-state index contributed by atoms with van der Waals surface area (Å²) in [5, 5.41) is 3.28. The number of anilines is 1.